The number of fused-ring (bicyclic) bond motifs is 5. The molecule has 1 heterocycles. The molecule has 12 unspecified atom stereocenters. The van der Waals surface area contributed by atoms with E-state index in [1.54, 1.807) is 0 Å². The number of rotatable bonds is 5. The standard InChI is InChI=1S/C28H46O6/c1-14(2)15(3)24(31)25(32)16(4)18-7-8-19-17-13-34-26(33)21-11-22(29)23(30)12-28(21,6)20(17)9-10-27(18,19)5/h14,16-25,29-32H,3,7-13H2,1-2,4-6H3. The molecule has 6 nitrogen and oxygen atoms in total. The van der Waals surface area contributed by atoms with Crippen molar-refractivity contribution in [1.29, 1.82) is 0 Å². The van der Waals surface area contributed by atoms with Crippen molar-refractivity contribution in [3.8, 4) is 0 Å². The summed E-state index contributed by atoms with van der Waals surface area (Å²) >= 11 is 0. The van der Waals surface area contributed by atoms with Crippen molar-refractivity contribution in [2.75, 3.05) is 6.61 Å². The van der Waals surface area contributed by atoms with Gasteiger partial charge in [-0.1, -0.05) is 41.2 Å². The third-order valence-electron chi connectivity index (χ3n) is 11.0. The quantitative estimate of drug-likeness (QED) is 0.357. The first-order chi connectivity index (χ1) is 15.8. The van der Waals surface area contributed by atoms with Crippen LogP contribution in [-0.2, 0) is 9.53 Å². The Balaban J connectivity index is 1.58. The van der Waals surface area contributed by atoms with Crippen LogP contribution in [0.5, 0.6) is 0 Å². The number of carbonyl (C=O) groups excluding carboxylic acids is 1. The zero-order valence-corrected chi connectivity index (χ0v) is 21.6. The average molecular weight is 479 g/mol. The van der Waals surface area contributed by atoms with Crippen molar-refractivity contribution < 1.29 is 30.0 Å². The lowest BCUT2D eigenvalue weighted by Crippen LogP contribution is -2.55. The molecule has 4 aliphatic rings. The van der Waals surface area contributed by atoms with Gasteiger partial charge in [-0.3, -0.25) is 4.79 Å². The maximum Gasteiger partial charge on any atom is 0.309 e. The Labute approximate surface area is 204 Å². The molecule has 1 saturated heterocycles. The summed E-state index contributed by atoms with van der Waals surface area (Å²) in [6.07, 6.45) is 1.19. The van der Waals surface area contributed by atoms with Crippen LogP contribution in [0.2, 0.25) is 0 Å². The third kappa shape index (κ3) is 3.97. The maximum atomic E-state index is 13.0. The van der Waals surface area contributed by atoms with E-state index in [1.807, 2.05) is 13.8 Å². The highest BCUT2D eigenvalue weighted by molar-refractivity contribution is 5.74. The molecule has 4 N–H and O–H groups in total. The summed E-state index contributed by atoms with van der Waals surface area (Å²) in [4.78, 5) is 13.0. The van der Waals surface area contributed by atoms with E-state index in [-0.39, 0.29) is 58.7 Å². The molecule has 0 bridgehead atoms. The molecule has 4 fully saturated rings. The minimum atomic E-state index is -0.928. The van der Waals surface area contributed by atoms with Gasteiger partial charge in [-0.25, -0.2) is 0 Å². The molecular weight excluding hydrogens is 432 g/mol. The van der Waals surface area contributed by atoms with E-state index in [4.69, 9.17) is 4.74 Å². The Bertz CT molecular complexity index is 796. The summed E-state index contributed by atoms with van der Waals surface area (Å²) in [6.45, 7) is 14.9. The van der Waals surface area contributed by atoms with Crippen LogP contribution in [0.3, 0.4) is 0 Å². The number of ether oxygens (including phenoxy) is 1. The summed E-state index contributed by atoms with van der Waals surface area (Å²) < 4.78 is 5.85. The number of esters is 1. The van der Waals surface area contributed by atoms with E-state index in [9.17, 15) is 25.2 Å². The molecule has 12 atom stereocenters. The zero-order chi connectivity index (χ0) is 25.2. The number of aliphatic hydroxyl groups is 4. The molecule has 4 rings (SSSR count). The van der Waals surface area contributed by atoms with Crippen molar-refractivity contribution in [3.63, 3.8) is 0 Å². The summed E-state index contributed by atoms with van der Waals surface area (Å²) in [7, 11) is 0. The van der Waals surface area contributed by atoms with Crippen LogP contribution in [0, 0.1) is 52.3 Å². The van der Waals surface area contributed by atoms with Crippen molar-refractivity contribution >= 4 is 5.97 Å². The van der Waals surface area contributed by atoms with Crippen LogP contribution in [-0.4, -0.2) is 57.4 Å². The highest BCUT2D eigenvalue weighted by Crippen LogP contribution is 2.66. The van der Waals surface area contributed by atoms with Crippen LogP contribution in [0.1, 0.15) is 73.1 Å². The van der Waals surface area contributed by atoms with Gasteiger partial charge in [0.1, 0.15) is 6.10 Å². The zero-order valence-electron chi connectivity index (χ0n) is 21.6. The number of hydrogen-bond acceptors (Lipinski definition) is 6. The lowest BCUT2D eigenvalue weighted by molar-refractivity contribution is -0.162. The topological polar surface area (TPSA) is 107 Å². The smallest absolute Gasteiger partial charge is 0.309 e. The molecule has 194 valence electrons. The molecule has 34 heavy (non-hydrogen) atoms. The largest absolute Gasteiger partial charge is 0.465 e. The molecule has 0 spiro atoms. The van der Waals surface area contributed by atoms with Crippen molar-refractivity contribution in [3.05, 3.63) is 12.2 Å². The lowest BCUT2D eigenvalue weighted by atomic mass is 9.48. The Morgan fingerprint density at radius 3 is 2.32 bits per heavy atom. The maximum absolute atomic E-state index is 13.0. The van der Waals surface area contributed by atoms with Gasteiger partial charge in [-0.15, -0.1) is 0 Å². The van der Waals surface area contributed by atoms with E-state index in [0.29, 0.717) is 24.5 Å². The summed E-state index contributed by atoms with van der Waals surface area (Å²) in [5, 5.41) is 42.7. The van der Waals surface area contributed by atoms with Crippen LogP contribution in [0.4, 0.5) is 0 Å². The lowest BCUT2D eigenvalue weighted by Gasteiger charge is -2.56. The van der Waals surface area contributed by atoms with E-state index >= 15 is 0 Å². The normalized spacial score (nSPS) is 47.0. The molecule has 0 radical (unpaired) electrons. The van der Waals surface area contributed by atoms with Crippen LogP contribution in [0.15, 0.2) is 12.2 Å². The van der Waals surface area contributed by atoms with Gasteiger partial charge in [-0.05, 0) is 90.4 Å². The van der Waals surface area contributed by atoms with Crippen molar-refractivity contribution in [1.82, 2.24) is 0 Å². The monoisotopic (exact) mass is 478 g/mol. The fourth-order valence-electron chi connectivity index (χ4n) is 8.78. The van der Waals surface area contributed by atoms with Gasteiger partial charge in [0.05, 0.1) is 30.8 Å². The van der Waals surface area contributed by atoms with Gasteiger partial charge in [0.25, 0.3) is 0 Å². The summed E-state index contributed by atoms with van der Waals surface area (Å²) in [5.41, 5.74) is 0.290. The van der Waals surface area contributed by atoms with Crippen LogP contribution in [0.25, 0.3) is 0 Å². The molecule has 3 saturated carbocycles. The Hall–Kier alpha value is -0.950. The predicted molar refractivity (Wildman–Crippen MR) is 129 cm³/mol. The first kappa shape index (κ1) is 26.1. The van der Waals surface area contributed by atoms with E-state index in [2.05, 4.69) is 27.4 Å². The number of aliphatic hydroxyl groups excluding tert-OH is 4. The molecular formula is C28H46O6. The first-order valence-electron chi connectivity index (χ1n) is 13.4. The van der Waals surface area contributed by atoms with Crippen molar-refractivity contribution in [2.45, 2.75) is 97.6 Å². The molecule has 0 aromatic rings. The minimum absolute atomic E-state index is 0.00412. The second-order valence-corrected chi connectivity index (χ2v) is 12.9. The van der Waals surface area contributed by atoms with Gasteiger partial charge < -0.3 is 25.2 Å². The average Bonchev–Trinajstić information content (AvgIpc) is 3.09. The molecule has 0 aromatic heterocycles. The Morgan fingerprint density at radius 2 is 1.68 bits per heavy atom. The SMILES string of the molecule is C=C(C(C)C)C(O)C(O)C(C)C1CCC2C3COC(=O)C4CC(O)C(O)CC4(C)C3CCC12C. The second-order valence-electron chi connectivity index (χ2n) is 12.9. The van der Waals surface area contributed by atoms with Crippen LogP contribution >= 0.6 is 0 Å². The van der Waals surface area contributed by atoms with Gasteiger partial charge in [0.15, 0.2) is 0 Å². The number of hydrogen-bond donors (Lipinski definition) is 4. The fourth-order valence-corrected chi connectivity index (χ4v) is 8.78. The summed E-state index contributed by atoms with van der Waals surface area (Å²) in [5.74, 6) is 0.546. The molecule has 3 aliphatic carbocycles. The second kappa shape index (κ2) is 9.17. The van der Waals surface area contributed by atoms with E-state index in [0.717, 1.165) is 25.7 Å². The van der Waals surface area contributed by atoms with Gasteiger partial charge >= 0.3 is 5.97 Å². The Morgan fingerprint density at radius 1 is 1.03 bits per heavy atom. The fraction of sp³-hybridized carbons (Fsp3) is 0.893. The molecule has 0 amide bonds. The molecule has 0 aromatic carbocycles. The summed E-state index contributed by atoms with van der Waals surface area (Å²) in [6, 6.07) is 0. The van der Waals surface area contributed by atoms with Gasteiger partial charge in [-0.2, -0.15) is 0 Å². The third-order valence-corrected chi connectivity index (χ3v) is 11.0. The number of carbonyl (C=O) groups is 1. The van der Waals surface area contributed by atoms with Gasteiger partial charge in [0, 0.05) is 0 Å². The van der Waals surface area contributed by atoms with E-state index < -0.39 is 24.4 Å². The Kier molecular flexibility index (Phi) is 7.05. The van der Waals surface area contributed by atoms with Crippen LogP contribution < -0.4 is 0 Å². The predicted octanol–water partition coefficient (Wildman–Crippen LogP) is 3.31. The highest BCUT2D eigenvalue weighted by Gasteiger charge is 2.63. The molecule has 6 heteroatoms. The first-order valence-corrected chi connectivity index (χ1v) is 13.4. The highest BCUT2D eigenvalue weighted by atomic mass is 16.5. The van der Waals surface area contributed by atoms with E-state index in [1.165, 1.54) is 0 Å². The minimum Gasteiger partial charge on any atom is -0.465 e. The molecule has 1 aliphatic heterocycles. The number of cyclic esters (lactones) is 1. The van der Waals surface area contributed by atoms with Crippen molar-refractivity contribution in [2.24, 2.45) is 52.3 Å². The van der Waals surface area contributed by atoms with Gasteiger partial charge in [0.2, 0.25) is 0 Å².